The number of aliphatic imine (C=N–C) groups is 1. The molecule has 1 aliphatic carbocycles. The lowest BCUT2D eigenvalue weighted by Crippen LogP contribution is -2.42. The minimum Gasteiger partial charge on any atom is -0.396 e. The summed E-state index contributed by atoms with van der Waals surface area (Å²) in [4.78, 5) is 7.07. The maximum Gasteiger partial charge on any atom is 0.191 e. The molecule has 150 valence electrons. The van der Waals surface area contributed by atoms with Crippen LogP contribution in [0.25, 0.3) is 0 Å². The van der Waals surface area contributed by atoms with Gasteiger partial charge < -0.3 is 25.4 Å². The highest BCUT2D eigenvalue weighted by molar-refractivity contribution is 14.0. The Labute approximate surface area is 171 Å². The molecular formula is C18H39IN4O2. The molecule has 3 N–H and O–H groups in total. The summed E-state index contributed by atoms with van der Waals surface area (Å²) in [5, 5.41) is 16.2. The molecule has 1 rings (SSSR count). The number of methoxy groups -OCH3 is 1. The van der Waals surface area contributed by atoms with Crippen LogP contribution in [-0.2, 0) is 4.74 Å². The highest BCUT2D eigenvalue weighted by Gasteiger charge is 2.31. The van der Waals surface area contributed by atoms with E-state index in [1.54, 1.807) is 7.11 Å². The smallest absolute Gasteiger partial charge is 0.191 e. The van der Waals surface area contributed by atoms with E-state index in [0.717, 1.165) is 51.7 Å². The Morgan fingerprint density at radius 2 is 1.92 bits per heavy atom. The summed E-state index contributed by atoms with van der Waals surface area (Å²) in [5.41, 5.74) is 0.199. The van der Waals surface area contributed by atoms with Gasteiger partial charge in [0.25, 0.3) is 0 Å². The van der Waals surface area contributed by atoms with E-state index in [4.69, 9.17) is 9.73 Å². The Morgan fingerprint density at radius 1 is 1.20 bits per heavy atom. The Morgan fingerprint density at radius 3 is 2.52 bits per heavy atom. The molecule has 0 bridgehead atoms. The number of guanidine groups is 1. The molecule has 0 aromatic heterocycles. The van der Waals surface area contributed by atoms with Crippen molar-refractivity contribution >= 4 is 29.9 Å². The average Bonchev–Trinajstić information content (AvgIpc) is 2.59. The van der Waals surface area contributed by atoms with Crippen molar-refractivity contribution in [2.75, 3.05) is 60.1 Å². The maximum absolute atomic E-state index is 9.43. The van der Waals surface area contributed by atoms with E-state index in [1.807, 2.05) is 0 Å². The lowest BCUT2D eigenvalue weighted by atomic mass is 9.72. The van der Waals surface area contributed by atoms with E-state index in [0.29, 0.717) is 0 Å². The van der Waals surface area contributed by atoms with Crippen molar-refractivity contribution < 1.29 is 9.84 Å². The van der Waals surface area contributed by atoms with Gasteiger partial charge in [0.05, 0.1) is 6.61 Å². The zero-order valence-electron chi connectivity index (χ0n) is 16.4. The number of aliphatic hydroxyl groups is 1. The first-order valence-electron chi connectivity index (χ1n) is 9.46. The number of ether oxygens (including phenoxy) is 1. The quantitative estimate of drug-likeness (QED) is 0.245. The first kappa shape index (κ1) is 24.9. The lowest BCUT2D eigenvalue weighted by Gasteiger charge is -2.35. The first-order valence-corrected chi connectivity index (χ1v) is 9.46. The summed E-state index contributed by atoms with van der Waals surface area (Å²) in [6.45, 7) is 7.53. The van der Waals surface area contributed by atoms with Crippen LogP contribution in [0.3, 0.4) is 0 Å². The van der Waals surface area contributed by atoms with Gasteiger partial charge >= 0.3 is 0 Å². The molecule has 1 saturated carbocycles. The Kier molecular flexibility index (Phi) is 14.9. The van der Waals surface area contributed by atoms with Gasteiger partial charge in [-0.3, -0.25) is 4.99 Å². The van der Waals surface area contributed by atoms with E-state index in [-0.39, 0.29) is 36.0 Å². The third-order valence-corrected chi connectivity index (χ3v) is 4.94. The second-order valence-corrected chi connectivity index (χ2v) is 6.95. The van der Waals surface area contributed by atoms with Gasteiger partial charge in [-0.1, -0.05) is 19.3 Å². The Hall–Kier alpha value is -0.120. The molecule has 0 spiro atoms. The zero-order valence-corrected chi connectivity index (χ0v) is 18.7. The molecule has 0 unspecified atom stereocenters. The normalized spacial score (nSPS) is 17.2. The molecule has 0 heterocycles. The summed E-state index contributed by atoms with van der Waals surface area (Å²) in [6, 6.07) is 0. The van der Waals surface area contributed by atoms with Gasteiger partial charge in [-0.15, -0.1) is 24.0 Å². The second kappa shape index (κ2) is 15.0. The predicted molar refractivity (Wildman–Crippen MR) is 116 cm³/mol. The standard InChI is InChI=1S/C18H38N4O2.HI/c1-4-19-17(20-11-12-22(2)13-15-24-3)21-16-18(10-14-23)8-6-5-7-9-18;/h23H,4-16H2,1-3H3,(H2,19,20,21);1H. The van der Waals surface area contributed by atoms with Crippen LogP contribution in [-0.4, -0.2) is 76.1 Å². The minimum absolute atomic E-state index is 0. The minimum atomic E-state index is 0. The highest BCUT2D eigenvalue weighted by atomic mass is 127. The molecule has 0 saturated heterocycles. The fourth-order valence-electron chi connectivity index (χ4n) is 3.34. The van der Waals surface area contributed by atoms with E-state index in [9.17, 15) is 5.11 Å². The molecule has 0 radical (unpaired) electrons. The Bertz CT molecular complexity index is 344. The lowest BCUT2D eigenvalue weighted by molar-refractivity contribution is 0.137. The predicted octanol–water partition coefficient (Wildman–Crippen LogP) is 2.07. The van der Waals surface area contributed by atoms with Gasteiger partial charge in [-0.25, -0.2) is 0 Å². The highest BCUT2D eigenvalue weighted by Crippen LogP contribution is 2.39. The molecule has 1 aliphatic rings. The summed E-state index contributed by atoms with van der Waals surface area (Å²) < 4.78 is 5.10. The van der Waals surface area contributed by atoms with Crippen molar-refractivity contribution in [3.63, 3.8) is 0 Å². The van der Waals surface area contributed by atoms with E-state index < -0.39 is 0 Å². The van der Waals surface area contributed by atoms with Gasteiger partial charge in [0.15, 0.2) is 5.96 Å². The van der Waals surface area contributed by atoms with Crippen molar-refractivity contribution in [3.8, 4) is 0 Å². The van der Waals surface area contributed by atoms with Crippen molar-refractivity contribution in [3.05, 3.63) is 0 Å². The second-order valence-electron chi connectivity index (χ2n) is 6.95. The summed E-state index contributed by atoms with van der Waals surface area (Å²) in [7, 11) is 3.83. The van der Waals surface area contributed by atoms with Gasteiger partial charge in [-0.05, 0) is 38.6 Å². The molecule has 6 nitrogen and oxygen atoms in total. The van der Waals surface area contributed by atoms with E-state index in [2.05, 4.69) is 29.5 Å². The molecule has 0 aromatic rings. The number of aliphatic hydroxyl groups excluding tert-OH is 1. The summed E-state index contributed by atoms with van der Waals surface area (Å²) in [6.07, 6.45) is 7.11. The van der Waals surface area contributed by atoms with Crippen LogP contribution < -0.4 is 10.6 Å². The van der Waals surface area contributed by atoms with Gasteiger partial charge in [-0.2, -0.15) is 0 Å². The molecule has 1 fully saturated rings. The van der Waals surface area contributed by atoms with Crippen LogP contribution >= 0.6 is 24.0 Å². The van der Waals surface area contributed by atoms with Gasteiger partial charge in [0, 0.05) is 46.4 Å². The number of nitrogens with zero attached hydrogens (tertiary/aromatic N) is 2. The summed E-state index contributed by atoms with van der Waals surface area (Å²) in [5.74, 6) is 0.889. The number of rotatable bonds is 11. The molecule has 0 aromatic carbocycles. The van der Waals surface area contributed by atoms with Crippen molar-refractivity contribution in [2.45, 2.75) is 45.4 Å². The van der Waals surface area contributed by atoms with Crippen molar-refractivity contribution in [2.24, 2.45) is 10.4 Å². The molecule has 7 heteroatoms. The van der Waals surface area contributed by atoms with E-state index in [1.165, 1.54) is 32.1 Å². The number of likely N-dealkylation sites (N-methyl/N-ethyl adjacent to an activating group) is 1. The largest absolute Gasteiger partial charge is 0.396 e. The number of nitrogens with one attached hydrogen (secondary N) is 2. The SMILES string of the molecule is CCNC(=NCC1(CCO)CCCCC1)NCCN(C)CCOC.I. The molecule has 0 aliphatic heterocycles. The van der Waals surface area contributed by atoms with Crippen molar-refractivity contribution in [1.82, 2.24) is 15.5 Å². The number of hydrogen-bond donors (Lipinski definition) is 3. The third-order valence-electron chi connectivity index (χ3n) is 4.94. The monoisotopic (exact) mass is 470 g/mol. The number of hydrogen-bond acceptors (Lipinski definition) is 4. The molecule has 25 heavy (non-hydrogen) atoms. The molecule has 0 atom stereocenters. The first-order chi connectivity index (χ1) is 11.7. The maximum atomic E-state index is 9.43. The fraction of sp³-hybridized carbons (Fsp3) is 0.944. The van der Waals surface area contributed by atoms with Crippen LogP contribution in [0.15, 0.2) is 4.99 Å². The molecular weight excluding hydrogens is 431 g/mol. The number of halogens is 1. The van der Waals surface area contributed by atoms with Gasteiger partial charge in [0.2, 0.25) is 0 Å². The van der Waals surface area contributed by atoms with Crippen molar-refractivity contribution in [1.29, 1.82) is 0 Å². The van der Waals surface area contributed by atoms with E-state index >= 15 is 0 Å². The van der Waals surface area contributed by atoms with Crippen LogP contribution in [0.1, 0.15) is 45.4 Å². The van der Waals surface area contributed by atoms with Crippen LogP contribution in [0.2, 0.25) is 0 Å². The van der Waals surface area contributed by atoms with Crippen LogP contribution in [0, 0.1) is 5.41 Å². The average molecular weight is 470 g/mol. The topological polar surface area (TPSA) is 69.1 Å². The van der Waals surface area contributed by atoms with Crippen LogP contribution in [0.5, 0.6) is 0 Å². The van der Waals surface area contributed by atoms with Crippen LogP contribution in [0.4, 0.5) is 0 Å². The molecule has 0 amide bonds. The third kappa shape index (κ3) is 10.6. The Balaban J connectivity index is 0.00000576. The summed E-state index contributed by atoms with van der Waals surface area (Å²) >= 11 is 0. The zero-order chi connectivity index (χ0) is 17.7. The fourth-order valence-corrected chi connectivity index (χ4v) is 3.34. The van der Waals surface area contributed by atoms with Gasteiger partial charge in [0.1, 0.15) is 0 Å².